The third-order valence-electron chi connectivity index (χ3n) is 2.37. The first-order valence-corrected chi connectivity index (χ1v) is 4.70. The molecule has 0 bridgehead atoms. The Labute approximate surface area is 88.6 Å². The minimum Gasteiger partial charge on any atom is -0.275 e. The molecule has 0 aliphatic rings. The van der Waals surface area contributed by atoms with Crippen molar-refractivity contribution in [2.24, 2.45) is 7.05 Å². The van der Waals surface area contributed by atoms with Crippen molar-refractivity contribution in [2.45, 2.75) is 6.92 Å². The second kappa shape index (κ2) is 3.58. The van der Waals surface area contributed by atoms with Gasteiger partial charge in [-0.1, -0.05) is 6.07 Å². The van der Waals surface area contributed by atoms with Crippen LogP contribution in [-0.4, -0.2) is 9.78 Å². The van der Waals surface area contributed by atoms with Gasteiger partial charge in [-0.15, -0.1) is 0 Å². The molecule has 15 heavy (non-hydrogen) atoms. The van der Waals surface area contributed by atoms with Crippen LogP contribution >= 0.6 is 0 Å². The van der Waals surface area contributed by atoms with E-state index in [9.17, 15) is 0 Å². The molecule has 3 nitrogen and oxygen atoms in total. The Morgan fingerprint density at radius 3 is 2.73 bits per heavy atom. The van der Waals surface area contributed by atoms with Crippen LogP contribution in [0.5, 0.6) is 0 Å². The first kappa shape index (κ1) is 9.47. The number of rotatable bonds is 1. The van der Waals surface area contributed by atoms with Gasteiger partial charge >= 0.3 is 0 Å². The summed E-state index contributed by atoms with van der Waals surface area (Å²) in [5.74, 6) is 0. The fraction of sp³-hybridized carbons (Fsp3) is 0.167. The van der Waals surface area contributed by atoms with Gasteiger partial charge in [-0.05, 0) is 30.2 Å². The molecular weight excluding hydrogens is 186 g/mol. The predicted molar refractivity (Wildman–Crippen MR) is 58.1 cm³/mol. The highest BCUT2D eigenvalue weighted by Crippen LogP contribution is 2.23. The van der Waals surface area contributed by atoms with Crippen LogP contribution in [0, 0.1) is 18.3 Å². The van der Waals surface area contributed by atoms with Gasteiger partial charge in [-0.25, -0.2) is 0 Å². The fourth-order valence-electron chi connectivity index (χ4n) is 1.62. The van der Waals surface area contributed by atoms with Gasteiger partial charge in [-0.3, -0.25) is 4.68 Å². The van der Waals surface area contributed by atoms with E-state index in [0.29, 0.717) is 5.56 Å². The van der Waals surface area contributed by atoms with Crippen LogP contribution in [0.3, 0.4) is 0 Å². The molecule has 1 aromatic carbocycles. The van der Waals surface area contributed by atoms with Crippen LogP contribution in [0.1, 0.15) is 11.1 Å². The Bertz CT molecular complexity index is 532. The van der Waals surface area contributed by atoms with Crippen molar-refractivity contribution < 1.29 is 0 Å². The highest BCUT2D eigenvalue weighted by molar-refractivity contribution is 5.66. The van der Waals surface area contributed by atoms with Crippen molar-refractivity contribution in [3.05, 3.63) is 41.7 Å². The second-order valence-corrected chi connectivity index (χ2v) is 3.54. The third-order valence-corrected chi connectivity index (χ3v) is 2.37. The number of aryl methyl sites for hydroxylation is 2. The average molecular weight is 197 g/mol. The molecule has 1 heterocycles. The van der Waals surface area contributed by atoms with Gasteiger partial charge < -0.3 is 0 Å². The largest absolute Gasteiger partial charge is 0.275 e. The number of nitrogens with zero attached hydrogens (tertiary/aromatic N) is 3. The zero-order valence-corrected chi connectivity index (χ0v) is 8.73. The molecule has 1 aromatic heterocycles. The van der Waals surface area contributed by atoms with Gasteiger partial charge in [-0.2, -0.15) is 10.4 Å². The molecule has 0 fully saturated rings. The van der Waals surface area contributed by atoms with Crippen LogP contribution in [0.2, 0.25) is 0 Å². The molecule has 2 aromatic rings. The minimum absolute atomic E-state index is 0.695. The highest BCUT2D eigenvalue weighted by atomic mass is 15.2. The fourth-order valence-corrected chi connectivity index (χ4v) is 1.62. The molecule has 0 amide bonds. The summed E-state index contributed by atoms with van der Waals surface area (Å²) < 4.78 is 1.77. The Hall–Kier alpha value is -2.08. The van der Waals surface area contributed by atoms with Crippen LogP contribution in [-0.2, 0) is 7.05 Å². The van der Waals surface area contributed by atoms with E-state index in [4.69, 9.17) is 5.26 Å². The van der Waals surface area contributed by atoms with Gasteiger partial charge in [0.1, 0.15) is 0 Å². The van der Waals surface area contributed by atoms with Gasteiger partial charge in [0.05, 0.1) is 17.8 Å². The number of hydrogen-bond acceptors (Lipinski definition) is 2. The quantitative estimate of drug-likeness (QED) is 0.703. The maximum absolute atomic E-state index is 8.76. The number of nitriles is 1. The lowest BCUT2D eigenvalue weighted by atomic mass is 10.0. The first-order valence-electron chi connectivity index (χ1n) is 4.70. The van der Waals surface area contributed by atoms with E-state index in [1.807, 2.05) is 44.6 Å². The van der Waals surface area contributed by atoms with Crippen LogP contribution < -0.4 is 0 Å². The van der Waals surface area contributed by atoms with Crippen molar-refractivity contribution >= 4 is 0 Å². The van der Waals surface area contributed by atoms with E-state index in [1.54, 1.807) is 4.68 Å². The summed E-state index contributed by atoms with van der Waals surface area (Å²) in [4.78, 5) is 0. The van der Waals surface area contributed by atoms with Crippen molar-refractivity contribution in [3.8, 4) is 17.2 Å². The molecule has 0 atom stereocenters. The molecule has 3 heteroatoms. The van der Waals surface area contributed by atoms with Gasteiger partial charge in [0.15, 0.2) is 0 Å². The number of aromatic nitrogens is 2. The summed E-state index contributed by atoms with van der Waals surface area (Å²) in [6.45, 7) is 2.00. The van der Waals surface area contributed by atoms with Crippen molar-refractivity contribution in [3.63, 3.8) is 0 Å². The Morgan fingerprint density at radius 2 is 2.20 bits per heavy atom. The Balaban J connectivity index is 2.51. The lowest BCUT2D eigenvalue weighted by molar-refractivity contribution is 0.768. The van der Waals surface area contributed by atoms with Crippen LogP contribution in [0.15, 0.2) is 30.6 Å². The maximum Gasteiger partial charge on any atom is 0.0991 e. The topological polar surface area (TPSA) is 41.6 Å². The maximum atomic E-state index is 8.76. The molecule has 0 saturated carbocycles. The number of benzene rings is 1. The molecule has 0 aliphatic heterocycles. The van der Waals surface area contributed by atoms with Crippen molar-refractivity contribution in [1.29, 1.82) is 5.26 Å². The summed E-state index contributed by atoms with van der Waals surface area (Å²) in [6.07, 6.45) is 3.79. The van der Waals surface area contributed by atoms with E-state index < -0.39 is 0 Å². The van der Waals surface area contributed by atoms with E-state index in [2.05, 4.69) is 11.2 Å². The second-order valence-electron chi connectivity index (χ2n) is 3.54. The zero-order valence-electron chi connectivity index (χ0n) is 8.73. The highest BCUT2D eigenvalue weighted by Gasteiger charge is 2.04. The van der Waals surface area contributed by atoms with E-state index in [1.165, 1.54) is 0 Å². The predicted octanol–water partition coefficient (Wildman–Crippen LogP) is 2.27. The van der Waals surface area contributed by atoms with Crippen LogP contribution in [0.25, 0.3) is 11.1 Å². The smallest absolute Gasteiger partial charge is 0.0991 e. The Morgan fingerprint density at radius 1 is 1.40 bits per heavy atom. The third kappa shape index (κ3) is 1.75. The lowest BCUT2D eigenvalue weighted by Gasteiger charge is -2.02. The van der Waals surface area contributed by atoms with E-state index >= 15 is 0 Å². The molecule has 0 N–H and O–H groups in total. The van der Waals surface area contributed by atoms with Gasteiger partial charge in [0.2, 0.25) is 0 Å². The molecule has 0 saturated heterocycles. The minimum atomic E-state index is 0.695. The van der Waals surface area contributed by atoms with Gasteiger partial charge in [0, 0.05) is 18.8 Å². The van der Waals surface area contributed by atoms with Gasteiger partial charge in [0.25, 0.3) is 0 Å². The SMILES string of the molecule is Cc1cc(C#N)ccc1-c1cnn(C)c1. The Kier molecular flexibility index (Phi) is 2.26. The van der Waals surface area contributed by atoms with Crippen molar-refractivity contribution in [1.82, 2.24) is 9.78 Å². The summed E-state index contributed by atoms with van der Waals surface area (Å²) in [5.41, 5.74) is 4.00. The molecule has 0 unspecified atom stereocenters. The molecule has 2 rings (SSSR count). The monoisotopic (exact) mass is 197 g/mol. The van der Waals surface area contributed by atoms with Crippen LogP contribution in [0.4, 0.5) is 0 Å². The normalized spacial score (nSPS) is 9.93. The average Bonchev–Trinajstić information content (AvgIpc) is 2.64. The molecule has 0 radical (unpaired) electrons. The standard InChI is InChI=1S/C12H11N3/c1-9-5-10(6-13)3-4-12(9)11-7-14-15(2)8-11/h3-5,7-8H,1-2H3. The summed E-state index contributed by atoms with van der Waals surface area (Å²) >= 11 is 0. The number of hydrogen-bond donors (Lipinski definition) is 0. The molecule has 74 valence electrons. The molecule has 0 spiro atoms. The lowest BCUT2D eigenvalue weighted by Crippen LogP contribution is -1.85. The summed E-state index contributed by atoms with van der Waals surface area (Å²) in [5, 5.41) is 12.9. The van der Waals surface area contributed by atoms with E-state index in [0.717, 1.165) is 16.7 Å². The zero-order chi connectivity index (χ0) is 10.8. The summed E-state index contributed by atoms with van der Waals surface area (Å²) in [6, 6.07) is 7.81. The van der Waals surface area contributed by atoms with Crippen molar-refractivity contribution in [2.75, 3.05) is 0 Å². The molecular formula is C12H11N3. The first-order chi connectivity index (χ1) is 7.20. The summed E-state index contributed by atoms with van der Waals surface area (Å²) in [7, 11) is 1.89. The van der Waals surface area contributed by atoms with E-state index in [-0.39, 0.29) is 0 Å². The molecule has 0 aliphatic carbocycles.